The van der Waals surface area contributed by atoms with Crippen LogP contribution in [0.4, 0.5) is 9.59 Å². The van der Waals surface area contributed by atoms with E-state index in [1.165, 1.54) is 57.8 Å². The van der Waals surface area contributed by atoms with Crippen molar-refractivity contribution in [3.05, 3.63) is 61.8 Å². The van der Waals surface area contributed by atoms with Crippen LogP contribution in [-0.2, 0) is 23.8 Å². The first-order valence-corrected chi connectivity index (χ1v) is 21.2. The average molecular weight is 881 g/mol. The highest BCUT2D eigenvalue weighted by molar-refractivity contribution is 7.15. The number of thiazole rings is 4. The summed E-state index contributed by atoms with van der Waals surface area (Å²) < 4.78 is 15.9. The molecule has 59 heavy (non-hydrogen) atoms. The molecule has 1 aliphatic heterocycles. The van der Waals surface area contributed by atoms with E-state index >= 15 is 0 Å². The molecule has 3 atom stereocenters. The van der Waals surface area contributed by atoms with Crippen LogP contribution in [0.3, 0.4) is 0 Å². The van der Waals surface area contributed by atoms with Crippen molar-refractivity contribution in [3.63, 3.8) is 0 Å². The third-order valence-electron chi connectivity index (χ3n) is 8.04. The highest BCUT2D eigenvalue weighted by Gasteiger charge is 2.47. The van der Waals surface area contributed by atoms with Gasteiger partial charge in [-0.15, -0.1) is 45.3 Å². The van der Waals surface area contributed by atoms with E-state index in [0.717, 1.165) is 16.2 Å². The predicted octanol–water partition coefficient (Wildman–Crippen LogP) is 6.79. The van der Waals surface area contributed by atoms with E-state index in [4.69, 9.17) is 29.2 Å². The van der Waals surface area contributed by atoms with Crippen LogP contribution in [0.15, 0.2) is 45.4 Å². The van der Waals surface area contributed by atoms with Gasteiger partial charge in [-0.1, -0.05) is 6.08 Å². The van der Waals surface area contributed by atoms with Crippen molar-refractivity contribution in [1.82, 2.24) is 40.5 Å². The van der Waals surface area contributed by atoms with Crippen LogP contribution in [0, 0.1) is 0 Å². The lowest BCUT2D eigenvalue weighted by Crippen LogP contribution is -2.39. The van der Waals surface area contributed by atoms with Crippen LogP contribution in [0.25, 0.3) is 43.4 Å². The molecule has 0 saturated carbocycles. The summed E-state index contributed by atoms with van der Waals surface area (Å²) in [4.78, 5) is 98.6. The van der Waals surface area contributed by atoms with E-state index in [1.54, 1.807) is 64.4 Å². The number of rotatable bonds is 12. The lowest BCUT2D eigenvalue weighted by atomic mass is 10.1. The smallest absolute Gasteiger partial charge is 0.420 e. The maximum atomic E-state index is 13.1. The van der Waals surface area contributed by atoms with Crippen molar-refractivity contribution in [2.45, 2.75) is 72.3 Å². The zero-order valence-electron chi connectivity index (χ0n) is 32.4. The highest BCUT2D eigenvalue weighted by atomic mass is 32.1. The maximum Gasteiger partial charge on any atom is 0.420 e. The second kappa shape index (κ2) is 17.5. The van der Waals surface area contributed by atoms with Gasteiger partial charge < -0.3 is 30.0 Å². The molecule has 0 bridgehead atoms. The molecule has 22 heteroatoms. The zero-order chi connectivity index (χ0) is 42.8. The lowest BCUT2D eigenvalue weighted by Gasteiger charge is -2.25. The summed E-state index contributed by atoms with van der Waals surface area (Å²) in [6, 6.07) is 2.55. The molecule has 1 fully saturated rings. The molecule has 308 valence electrons. The molecule has 0 aromatic carbocycles. The number of esters is 1. The third kappa shape index (κ3) is 9.84. The van der Waals surface area contributed by atoms with E-state index in [-0.39, 0.29) is 23.6 Å². The molecular weight excluding hydrogens is 845 g/mol. The molecule has 0 aliphatic carbocycles. The molecule has 1 saturated heterocycles. The number of ether oxygens (including phenoxy) is 3. The quantitative estimate of drug-likeness (QED) is 0.0664. The van der Waals surface area contributed by atoms with Gasteiger partial charge in [0.1, 0.15) is 72.4 Å². The number of aromatic nitrogens is 5. The van der Waals surface area contributed by atoms with Crippen LogP contribution in [0.5, 0.6) is 0 Å². The summed E-state index contributed by atoms with van der Waals surface area (Å²) in [6.07, 6.45) is -1.60. The van der Waals surface area contributed by atoms with Crippen molar-refractivity contribution in [2.24, 2.45) is 0 Å². The summed E-state index contributed by atoms with van der Waals surface area (Å²) in [5.74, 6) is -2.85. The Morgan fingerprint density at radius 3 is 2.25 bits per heavy atom. The number of nitrogens with zero attached hydrogens (tertiary/aromatic N) is 6. The summed E-state index contributed by atoms with van der Waals surface area (Å²) in [7, 11) is 0. The van der Waals surface area contributed by atoms with E-state index in [0.29, 0.717) is 48.4 Å². The van der Waals surface area contributed by atoms with Gasteiger partial charge in [-0.05, 0) is 53.7 Å². The van der Waals surface area contributed by atoms with Gasteiger partial charge in [0, 0.05) is 34.0 Å². The topological polar surface area (TPSA) is 242 Å². The Kier molecular flexibility index (Phi) is 12.6. The van der Waals surface area contributed by atoms with Gasteiger partial charge in [0.05, 0.1) is 12.2 Å². The van der Waals surface area contributed by atoms with Gasteiger partial charge in [0.25, 0.3) is 11.8 Å². The number of carboxylic acids is 1. The summed E-state index contributed by atoms with van der Waals surface area (Å²) in [5.41, 5.74) is 1.13. The van der Waals surface area contributed by atoms with Crippen LogP contribution in [0.1, 0.15) is 80.5 Å². The minimum atomic E-state index is -1.19. The number of pyridine rings is 1. The second-order valence-corrected chi connectivity index (χ2v) is 17.2. The van der Waals surface area contributed by atoms with Crippen molar-refractivity contribution in [1.29, 1.82) is 0 Å². The molecule has 6 heterocycles. The molecule has 0 spiro atoms. The second-order valence-electron chi connectivity index (χ2n) is 13.8. The molecule has 1 aliphatic rings. The fourth-order valence-electron chi connectivity index (χ4n) is 5.48. The molecule has 18 nitrogen and oxygen atoms in total. The molecule has 0 radical (unpaired) electrons. The van der Waals surface area contributed by atoms with Crippen LogP contribution in [0.2, 0.25) is 0 Å². The van der Waals surface area contributed by atoms with E-state index in [2.05, 4.69) is 20.6 Å². The van der Waals surface area contributed by atoms with Crippen LogP contribution in [-0.4, -0.2) is 95.2 Å². The molecule has 0 unspecified atom stereocenters. The molecule has 3 N–H and O–H groups in total. The molecule has 4 amide bonds. The Morgan fingerprint density at radius 2 is 1.58 bits per heavy atom. The number of aromatic carboxylic acids is 1. The Bertz CT molecular complexity index is 2480. The normalized spacial score (nSPS) is 16.0. The summed E-state index contributed by atoms with van der Waals surface area (Å²) in [5, 5.41) is 22.8. The largest absolute Gasteiger partial charge is 0.476 e. The SMILES string of the molecule is C/C=C(/NC(=O)c1csc(-c2csc(-c3ccc(-c4nc(C(=O)O)cs4)c(-c4csc([C@@H]5[C@@H](C)OC(=O)N5C(=O)OC(C)(C)C)n4)n3)n2)n1)C(=O)NC[C@@H](C)OC(C)=O. The predicted molar refractivity (Wildman–Crippen MR) is 218 cm³/mol. The Morgan fingerprint density at radius 1 is 0.915 bits per heavy atom. The fraction of sp³-hybridized carbons (Fsp3) is 0.324. The zero-order valence-corrected chi connectivity index (χ0v) is 35.7. The van der Waals surface area contributed by atoms with Gasteiger partial charge >= 0.3 is 24.1 Å². The van der Waals surface area contributed by atoms with Crippen molar-refractivity contribution in [2.75, 3.05) is 6.54 Å². The maximum absolute atomic E-state index is 13.1. The minimum Gasteiger partial charge on any atom is -0.476 e. The first-order valence-electron chi connectivity index (χ1n) is 17.7. The van der Waals surface area contributed by atoms with Gasteiger partial charge in [0.15, 0.2) is 5.69 Å². The average Bonchev–Trinajstić information content (AvgIpc) is 4.01. The Labute approximate surface area is 352 Å². The molecule has 5 aromatic rings. The number of carbonyl (C=O) groups is 6. The number of nitrogens with one attached hydrogen (secondary N) is 2. The number of amides is 4. The number of carboxylic acid groups (broad SMARTS) is 1. The van der Waals surface area contributed by atoms with Crippen LogP contribution < -0.4 is 10.6 Å². The van der Waals surface area contributed by atoms with Crippen molar-refractivity contribution < 1.29 is 48.1 Å². The van der Waals surface area contributed by atoms with Gasteiger partial charge in [0.2, 0.25) is 0 Å². The van der Waals surface area contributed by atoms with Gasteiger partial charge in [-0.2, -0.15) is 4.90 Å². The third-order valence-corrected chi connectivity index (χ3v) is 11.6. The standard InChI is InChI=1S/C37H36N8O10S4/c1-8-20(28(47)38-11-16(2)53-18(4)46)40-29(48)23-13-57-32(42-23)24-14-58-31(43-24)21-10-9-19(30-44-25(15-56-30)34(49)50)26(39-21)22-12-59-33(41-22)27-17(3)54-35(51)45(27)36(52)55-37(5,6)7/h8-10,12-17,27H,11H2,1-7H3,(H,38,47)(H,40,48)(H,49,50)/b20-8+/t16-,17-,27+/m1/s1. The van der Waals surface area contributed by atoms with E-state index in [9.17, 15) is 33.9 Å². The fourth-order valence-corrected chi connectivity index (χ4v) is 8.89. The number of allylic oxidation sites excluding steroid dienone is 1. The number of hydrogen-bond acceptors (Lipinski definition) is 18. The monoisotopic (exact) mass is 880 g/mol. The Balaban J connectivity index is 1.26. The minimum absolute atomic E-state index is 0.00930. The van der Waals surface area contributed by atoms with E-state index < -0.39 is 59.8 Å². The van der Waals surface area contributed by atoms with Crippen molar-refractivity contribution >= 4 is 81.3 Å². The van der Waals surface area contributed by atoms with Crippen molar-refractivity contribution in [3.8, 4) is 43.4 Å². The van der Waals surface area contributed by atoms with E-state index in [1.807, 2.05) is 0 Å². The molecule has 6 rings (SSSR count). The number of hydrogen-bond donors (Lipinski definition) is 3. The first-order chi connectivity index (χ1) is 27.9. The number of cyclic esters (lactones) is 1. The summed E-state index contributed by atoms with van der Waals surface area (Å²) in [6.45, 7) is 11.2. The number of imide groups is 1. The summed E-state index contributed by atoms with van der Waals surface area (Å²) >= 11 is 4.74. The number of carbonyl (C=O) groups excluding carboxylic acids is 5. The highest BCUT2D eigenvalue weighted by Crippen LogP contribution is 2.41. The molecular formula is C37H36N8O10S4. The Hall–Kier alpha value is -5.97. The van der Waals surface area contributed by atoms with Crippen LogP contribution >= 0.6 is 45.3 Å². The molecule has 5 aromatic heterocycles. The first kappa shape index (κ1) is 42.6. The van der Waals surface area contributed by atoms with Gasteiger partial charge in [-0.3, -0.25) is 14.4 Å². The van der Waals surface area contributed by atoms with Gasteiger partial charge in [-0.25, -0.2) is 39.3 Å². The lowest BCUT2D eigenvalue weighted by molar-refractivity contribution is -0.145.